The maximum atomic E-state index is 11.2. The monoisotopic (exact) mass is 329 g/mol. The fourth-order valence-electron chi connectivity index (χ4n) is 2.14. The Morgan fingerprint density at radius 3 is 3.11 bits per heavy atom. The predicted molar refractivity (Wildman–Crippen MR) is 73.3 cm³/mol. The number of nitrogens with zero attached hydrogens (tertiary/aromatic N) is 1. The van der Waals surface area contributed by atoms with Crippen molar-refractivity contribution in [3.05, 3.63) is 28.2 Å². The Bertz CT molecular complexity index is 466. The number of benzene rings is 1. The highest BCUT2D eigenvalue weighted by Gasteiger charge is 2.29. The van der Waals surface area contributed by atoms with E-state index in [1.807, 2.05) is 23.1 Å². The van der Waals surface area contributed by atoms with Crippen molar-refractivity contribution in [3.8, 4) is 5.75 Å². The standard InChI is InChI=1S/C13H16BrNO4/c1-18-12-3-2-10(14)6-9(12)7-15-4-5-19-8-11(15)13(16)17/h2-3,6,11H,4-5,7-8H2,1H3,(H,16,17). The Hall–Kier alpha value is -1.11. The zero-order valence-corrected chi connectivity index (χ0v) is 12.2. The molecule has 1 saturated heterocycles. The fourth-order valence-corrected chi connectivity index (χ4v) is 2.55. The molecule has 0 spiro atoms. The van der Waals surface area contributed by atoms with Crippen LogP contribution in [0.15, 0.2) is 22.7 Å². The van der Waals surface area contributed by atoms with Crippen molar-refractivity contribution in [1.29, 1.82) is 0 Å². The third kappa shape index (κ3) is 3.46. The molecule has 1 unspecified atom stereocenters. The van der Waals surface area contributed by atoms with E-state index in [-0.39, 0.29) is 6.61 Å². The minimum absolute atomic E-state index is 0.228. The van der Waals surface area contributed by atoms with E-state index in [4.69, 9.17) is 9.47 Å². The van der Waals surface area contributed by atoms with Gasteiger partial charge in [-0.25, -0.2) is 0 Å². The highest BCUT2D eigenvalue weighted by molar-refractivity contribution is 9.10. The lowest BCUT2D eigenvalue weighted by molar-refractivity contribution is -0.150. The number of rotatable bonds is 4. The highest BCUT2D eigenvalue weighted by atomic mass is 79.9. The first-order valence-corrected chi connectivity index (χ1v) is 6.78. The molecule has 1 aliphatic rings. The summed E-state index contributed by atoms with van der Waals surface area (Å²) in [6.45, 7) is 1.92. The summed E-state index contributed by atoms with van der Waals surface area (Å²) >= 11 is 3.42. The Balaban J connectivity index is 2.18. The molecule has 6 heteroatoms. The third-order valence-corrected chi connectivity index (χ3v) is 3.63. The van der Waals surface area contributed by atoms with Crippen LogP contribution in [0.25, 0.3) is 0 Å². The van der Waals surface area contributed by atoms with Gasteiger partial charge in [-0.15, -0.1) is 0 Å². The van der Waals surface area contributed by atoms with Crippen LogP contribution in [0.1, 0.15) is 5.56 Å². The van der Waals surface area contributed by atoms with E-state index in [2.05, 4.69) is 15.9 Å². The van der Waals surface area contributed by atoms with Crippen LogP contribution in [-0.4, -0.2) is 48.9 Å². The molecule has 1 aromatic rings. The van der Waals surface area contributed by atoms with Gasteiger partial charge in [0.25, 0.3) is 0 Å². The average Bonchev–Trinajstić information content (AvgIpc) is 2.39. The first-order chi connectivity index (χ1) is 9.11. The summed E-state index contributed by atoms with van der Waals surface area (Å²) < 4.78 is 11.5. The number of carbonyl (C=O) groups is 1. The number of carboxylic acid groups (broad SMARTS) is 1. The molecule has 1 N–H and O–H groups in total. The van der Waals surface area contributed by atoms with Gasteiger partial charge in [-0.1, -0.05) is 15.9 Å². The van der Waals surface area contributed by atoms with Crippen LogP contribution in [-0.2, 0) is 16.1 Å². The molecule has 19 heavy (non-hydrogen) atoms. The maximum absolute atomic E-state index is 11.2. The molecular weight excluding hydrogens is 314 g/mol. The molecule has 1 heterocycles. The second-order valence-electron chi connectivity index (χ2n) is 4.36. The normalized spacial score (nSPS) is 20.2. The van der Waals surface area contributed by atoms with E-state index in [0.717, 1.165) is 15.8 Å². The molecule has 1 fully saturated rings. The first-order valence-electron chi connectivity index (χ1n) is 5.99. The van der Waals surface area contributed by atoms with Gasteiger partial charge < -0.3 is 14.6 Å². The Labute approximate surface area is 120 Å². The van der Waals surface area contributed by atoms with Crippen molar-refractivity contribution in [2.45, 2.75) is 12.6 Å². The third-order valence-electron chi connectivity index (χ3n) is 3.14. The van der Waals surface area contributed by atoms with E-state index in [1.165, 1.54) is 0 Å². The van der Waals surface area contributed by atoms with Gasteiger partial charge in [-0.05, 0) is 18.2 Å². The molecular formula is C13H16BrNO4. The number of morpholine rings is 1. The lowest BCUT2D eigenvalue weighted by Crippen LogP contribution is -2.49. The predicted octanol–water partition coefficient (Wildman–Crippen LogP) is 1.74. The number of hydrogen-bond donors (Lipinski definition) is 1. The lowest BCUT2D eigenvalue weighted by Gasteiger charge is -2.33. The Morgan fingerprint density at radius 2 is 2.42 bits per heavy atom. The molecule has 0 aromatic heterocycles. The van der Waals surface area contributed by atoms with Crippen molar-refractivity contribution in [1.82, 2.24) is 4.90 Å². The number of aliphatic carboxylic acids is 1. The molecule has 0 bridgehead atoms. The summed E-state index contributed by atoms with van der Waals surface area (Å²) in [5, 5.41) is 9.21. The lowest BCUT2D eigenvalue weighted by atomic mass is 10.1. The van der Waals surface area contributed by atoms with Crippen molar-refractivity contribution in [2.75, 3.05) is 26.9 Å². The van der Waals surface area contributed by atoms with Crippen LogP contribution >= 0.6 is 15.9 Å². The van der Waals surface area contributed by atoms with E-state index < -0.39 is 12.0 Å². The molecule has 1 atom stereocenters. The van der Waals surface area contributed by atoms with Crippen molar-refractivity contribution in [3.63, 3.8) is 0 Å². The number of hydrogen-bond acceptors (Lipinski definition) is 4. The van der Waals surface area contributed by atoms with Crippen LogP contribution in [0.3, 0.4) is 0 Å². The average molecular weight is 330 g/mol. The van der Waals surface area contributed by atoms with Gasteiger partial charge in [0, 0.05) is 23.1 Å². The van der Waals surface area contributed by atoms with Gasteiger partial charge in [0.2, 0.25) is 0 Å². The minimum Gasteiger partial charge on any atom is -0.496 e. The van der Waals surface area contributed by atoms with Crippen LogP contribution in [0, 0.1) is 0 Å². The van der Waals surface area contributed by atoms with Crippen LogP contribution in [0.4, 0.5) is 0 Å². The van der Waals surface area contributed by atoms with Gasteiger partial charge in [0.05, 0.1) is 20.3 Å². The molecule has 5 nitrogen and oxygen atoms in total. The van der Waals surface area contributed by atoms with Crippen molar-refractivity contribution >= 4 is 21.9 Å². The van der Waals surface area contributed by atoms with Gasteiger partial charge in [-0.3, -0.25) is 9.69 Å². The maximum Gasteiger partial charge on any atom is 0.323 e. The summed E-state index contributed by atoms with van der Waals surface area (Å²) in [5.41, 5.74) is 0.963. The second kappa shape index (κ2) is 6.36. The van der Waals surface area contributed by atoms with Crippen LogP contribution < -0.4 is 4.74 Å². The number of methoxy groups -OCH3 is 1. The number of ether oxygens (including phenoxy) is 2. The number of halogens is 1. The summed E-state index contributed by atoms with van der Waals surface area (Å²) in [4.78, 5) is 13.1. The zero-order chi connectivity index (χ0) is 13.8. The second-order valence-corrected chi connectivity index (χ2v) is 5.27. The van der Waals surface area contributed by atoms with Gasteiger partial charge in [0.1, 0.15) is 11.8 Å². The highest BCUT2D eigenvalue weighted by Crippen LogP contribution is 2.25. The molecule has 0 aliphatic carbocycles. The fraction of sp³-hybridized carbons (Fsp3) is 0.462. The van der Waals surface area contributed by atoms with E-state index >= 15 is 0 Å². The van der Waals surface area contributed by atoms with Crippen molar-refractivity contribution < 1.29 is 19.4 Å². The summed E-state index contributed by atoms with van der Waals surface area (Å²) in [6.07, 6.45) is 0. The Kier molecular flexibility index (Phi) is 4.79. The zero-order valence-electron chi connectivity index (χ0n) is 10.6. The summed E-state index contributed by atoms with van der Waals surface area (Å²) in [6, 6.07) is 5.12. The van der Waals surface area contributed by atoms with E-state index in [9.17, 15) is 9.90 Å². The molecule has 0 saturated carbocycles. The summed E-state index contributed by atoms with van der Waals surface area (Å²) in [7, 11) is 1.61. The molecule has 2 rings (SSSR count). The van der Waals surface area contributed by atoms with Gasteiger partial charge in [0.15, 0.2) is 0 Å². The quantitative estimate of drug-likeness (QED) is 0.911. The van der Waals surface area contributed by atoms with Crippen LogP contribution in [0.5, 0.6) is 5.75 Å². The largest absolute Gasteiger partial charge is 0.496 e. The number of carboxylic acids is 1. The topological polar surface area (TPSA) is 59.0 Å². The molecule has 1 aliphatic heterocycles. The minimum atomic E-state index is -0.853. The van der Waals surface area contributed by atoms with Crippen LogP contribution in [0.2, 0.25) is 0 Å². The Morgan fingerprint density at radius 1 is 1.63 bits per heavy atom. The van der Waals surface area contributed by atoms with Gasteiger partial charge in [-0.2, -0.15) is 0 Å². The van der Waals surface area contributed by atoms with Crippen molar-refractivity contribution in [2.24, 2.45) is 0 Å². The SMILES string of the molecule is COc1ccc(Br)cc1CN1CCOCC1C(=O)O. The van der Waals surface area contributed by atoms with Gasteiger partial charge >= 0.3 is 5.97 Å². The molecule has 1 aromatic carbocycles. The van der Waals surface area contributed by atoms with E-state index in [1.54, 1.807) is 7.11 Å². The van der Waals surface area contributed by atoms with E-state index in [0.29, 0.717) is 19.7 Å². The smallest absolute Gasteiger partial charge is 0.323 e. The molecule has 0 radical (unpaired) electrons. The first kappa shape index (κ1) is 14.3. The molecule has 0 amide bonds. The summed E-state index contributed by atoms with van der Waals surface area (Å²) in [5.74, 6) is -0.0903. The molecule has 104 valence electrons.